The fourth-order valence-electron chi connectivity index (χ4n) is 2.84. The highest BCUT2D eigenvalue weighted by Crippen LogP contribution is 2.24. The van der Waals surface area contributed by atoms with Crippen molar-refractivity contribution in [3.63, 3.8) is 0 Å². The lowest BCUT2D eigenvalue weighted by Crippen LogP contribution is -2.44. The first-order valence-electron chi connectivity index (χ1n) is 8.10. The maximum absolute atomic E-state index is 13.6. The van der Waals surface area contributed by atoms with Gasteiger partial charge in [-0.3, -0.25) is 14.8 Å². The first-order chi connectivity index (χ1) is 11.7. The van der Waals surface area contributed by atoms with Crippen molar-refractivity contribution in [2.75, 3.05) is 31.6 Å². The maximum atomic E-state index is 13.6. The number of anilines is 1. The number of aryl methyl sites for hydroxylation is 1. The van der Waals surface area contributed by atoms with Gasteiger partial charge in [-0.05, 0) is 24.1 Å². The summed E-state index contributed by atoms with van der Waals surface area (Å²) in [6.07, 6.45) is 0.805. The van der Waals surface area contributed by atoms with Gasteiger partial charge in [0.2, 0.25) is 5.91 Å². The Bertz CT molecular complexity index is 697. The average molecular weight is 332 g/mol. The Labute approximate surface area is 140 Å². The predicted octanol–water partition coefficient (Wildman–Crippen LogP) is 2.12. The zero-order valence-electron chi connectivity index (χ0n) is 13.6. The van der Waals surface area contributed by atoms with Crippen LogP contribution in [0.25, 0.3) is 0 Å². The molecule has 1 aromatic carbocycles. The molecular weight excluding hydrogens is 311 g/mol. The van der Waals surface area contributed by atoms with E-state index >= 15 is 0 Å². The lowest BCUT2D eigenvalue weighted by Gasteiger charge is -2.33. The van der Waals surface area contributed by atoms with Crippen LogP contribution in [0.3, 0.4) is 0 Å². The predicted molar refractivity (Wildman–Crippen MR) is 88.1 cm³/mol. The first-order valence-corrected chi connectivity index (χ1v) is 8.10. The average Bonchev–Trinajstić information content (AvgIpc) is 3.04. The second kappa shape index (κ2) is 7.55. The smallest absolute Gasteiger partial charge is 0.247 e. The van der Waals surface area contributed by atoms with Gasteiger partial charge in [-0.25, -0.2) is 4.39 Å². The van der Waals surface area contributed by atoms with Gasteiger partial charge < -0.3 is 10.1 Å². The highest BCUT2D eigenvalue weighted by atomic mass is 19.1. The van der Waals surface area contributed by atoms with E-state index in [0.29, 0.717) is 37.7 Å². The van der Waals surface area contributed by atoms with Crippen LogP contribution in [-0.4, -0.2) is 47.3 Å². The molecule has 7 heteroatoms. The van der Waals surface area contributed by atoms with Crippen molar-refractivity contribution < 1.29 is 13.9 Å². The van der Waals surface area contributed by atoms with Crippen molar-refractivity contribution in [1.29, 1.82) is 0 Å². The monoisotopic (exact) mass is 332 g/mol. The molecule has 1 atom stereocenters. The van der Waals surface area contributed by atoms with Crippen LogP contribution in [0.1, 0.15) is 24.2 Å². The molecule has 1 aromatic heterocycles. The van der Waals surface area contributed by atoms with Crippen molar-refractivity contribution >= 4 is 11.7 Å². The Balaban J connectivity index is 1.83. The lowest BCUT2D eigenvalue weighted by molar-refractivity contribution is -0.123. The molecule has 1 fully saturated rings. The zero-order chi connectivity index (χ0) is 16.9. The minimum absolute atomic E-state index is 0.225. The minimum Gasteiger partial charge on any atom is -0.379 e. The summed E-state index contributed by atoms with van der Waals surface area (Å²) in [7, 11) is 0. The van der Waals surface area contributed by atoms with Crippen LogP contribution in [0, 0.1) is 5.82 Å². The van der Waals surface area contributed by atoms with Crippen LogP contribution in [-0.2, 0) is 16.0 Å². The van der Waals surface area contributed by atoms with Gasteiger partial charge in [-0.1, -0.05) is 19.1 Å². The van der Waals surface area contributed by atoms with Gasteiger partial charge in [0.15, 0.2) is 5.82 Å². The topological polar surface area (TPSA) is 70.2 Å². The third-order valence-electron chi connectivity index (χ3n) is 4.09. The van der Waals surface area contributed by atoms with E-state index in [2.05, 4.69) is 15.5 Å². The van der Waals surface area contributed by atoms with Gasteiger partial charge in [-0.2, -0.15) is 5.10 Å². The second-order valence-corrected chi connectivity index (χ2v) is 5.73. The summed E-state index contributed by atoms with van der Waals surface area (Å²) in [4.78, 5) is 14.9. The number of nitrogens with zero attached hydrogens (tertiary/aromatic N) is 2. The van der Waals surface area contributed by atoms with Gasteiger partial charge in [-0.15, -0.1) is 0 Å². The van der Waals surface area contributed by atoms with Crippen molar-refractivity contribution in [3.8, 4) is 0 Å². The Kier molecular flexibility index (Phi) is 5.22. The van der Waals surface area contributed by atoms with Crippen LogP contribution in [0.2, 0.25) is 0 Å². The second-order valence-electron chi connectivity index (χ2n) is 5.73. The summed E-state index contributed by atoms with van der Waals surface area (Å²) in [6.45, 7) is 4.36. The first kappa shape index (κ1) is 16.6. The molecule has 0 spiro atoms. The van der Waals surface area contributed by atoms with E-state index in [1.165, 1.54) is 12.1 Å². The molecule has 0 bridgehead atoms. The molecule has 2 N–H and O–H groups in total. The van der Waals surface area contributed by atoms with Crippen molar-refractivity contribution in [2.24, 2.45) is 0 Å². The highest BCUT2D eigenvalue weighted by molar-refractivity contribution is 5.94. The number of amides is 1. The number of carbonyl (C=O) groups is 1. The number of halogens is 1. The molecule has 0 radical (unpaired) electrons. The molecule has 1 aliphatic rings. The van der Waals surface area contributed by atoms with Gasteiger partial charge in [0.1, 0.15) is 11.9 Å². The number of carbonyl (C=O) groups excluding carboxylic acids is 1. The molecule has 1 amide bonds. The zero-order valence-corrected chi connectivity index (χ0v) is 13.6. The Hall–Kier alpha value is -2.25. The number of morpholine rings is 1. The van der Waals surface area contributed by atoms with Crippen LogP contribution in [0.15, 0.2) is 30.3 Å². The number of aromatic amines is 1. The third-order valence-corrected chi connectivity index (χ3v) is 4.09. The molecule has 1 saturated heterocycles. The van der Waals surface area contributed by atoms with Crippen LogP contribution in [0.4, 0.5) is 10.2 Å². The van der Waals surface area contributed by atoms with Gasteiger partial charge >= 0.3 is 0 Å². The lowest BCUT2D eigenvalue weighted by atomic mass is 10.0. The van der Waals surface area contributed by atoms with Crippen molar-refractivity contribution in [3.05, 3.63) is 47.4 Å². The van der Waals surface area contributed by atoms with E-state index in [4.69, 9.17) is 4.74 Å². The largest absolute Gasteiger partial charge is 0.379 e. The third kappa shape index (κ3) is 3.80. The molecule has 0 unspecified atom stereocenters. The molecule has 3 rings (SSSR count). The summed E-state index contributed by atoms with van der Waals surface area (Å²) < 4.78 is 19.0. The molecule has 2 aromatic rings. The molecular formula is C17H21FN4O2. The van der Waals surface area contributed by atoms with Crippen LogP contribution in [0.5, 0.6) is 0 Å². The summed E-state index contributed by atoms with van der Waals surface area (Å²) >= 11 is 0. The van der Waals surface area contributed by atoms with E-state index < -0.39 is 6.04 Å². The van der Waals surface area contributed by atoms with E-state index in [9.17, 15) is 9.18 Å². The van der Waals surface area contributed by atoms with Crippen LogP contribution >= 0.6 is 0 Å². The van der Waals surface area contributed by atoms with E-state index in [0.717, 1.165) is 12.1 Å². The number of aromatic nitrogens is 2. The molecule has 0 aliphatic carbocycles. The number of nitrogens with one attached hydrogen (secondary N) is 2. The highest BCUT2D eigenvalue weighted by Gasteiger charge is 2.29. The van der Waals surface area contributed by atoms with Gasteiger partial charge in [0.05, 0.1) is 13.2 Å². The quantitative estimate of drug-likeness (QED) is 0.880. The summed E-state index contributed by atoms with van der Waals surface area (Å²) in [5.41, 5.74) is 1.57. The summed E-state index contributed by atoms with van der Waals surface area (Å²) in [5, 5.41) is 9.79. The number of ether oxygens (including phenoxy) is 1. The van der Waals surface area contributed by atoms with Gasteiger partial charge in [0, 0.05) is 24.8 Å². The number of H-pyrrole nitrogens is 1. The van der Waals surface area contributed by atoms with Gasteiger partial charge in [0.25, 0.3) is 0 Å². The van der Waals surface area contributed by atoms with Crippen molar-refractivity contribution in [2.45, 2.75) is 19.4 Å². The fourth-order valence-corrected chi connectivity index (χ4v) is 2.84. The van der Waals surface area contributed by atoms with E-state index in [1.54, 1.807) is 18.2 Å². The van der Waals surface area contributed by atoms with Crippen LogP contribution < -0.4 is 5.32 Å². The van der Waals surface area contributed by atoms with E-state index in [-0.39, 0.29) is 11.7 Å². The normalized spacial score (nSPS) is 16.8. The molecule has 6 nitrogen and oxygen atoms in total. The fraction of sp³-hybridized carbons (Fsp3) is 0.412. The number of rotatable bonds is 5. The molecule has 24 heavy (non-hydrogen) atoms. The van der Waals surface area contributed by atoms with Crippen molar-refractivity contribution in [1.82, 2.24) is 15.1 Å². The summed E-state index contributed by atoms with van der Waals surface area (Å²) in [6, 6.07) is 7.40. The Morgan fingerprint density at radius 2 is 2.21 bits per heavy atom. The Morgan fingerprint density at radius 1 is 1.42 bits per heavy atom. The molecule has 2 heterocycles. The summed E-state index contributed by atoms with van der Waals surface area (Å²) in [5.74, 6) is -0.102. The minimum atomic E-state index is -0.577. The Morgan fingerprint density at radius 3 is 2.88 bits per heavy atom. The molecule has 128 valence electrons. The molecule has 0 saturated carbocycles. The maximum Gasteiger partial charge on any atom is 0.247 e. The number of hydrogen-bond donors (Lipinski definition) is 2. The number of hydrogen-bond acceptors (Lipinski definition) is 4. The molecule has 1 aliphatic heterocycles. The standard InChI is InChI=1S/C17H21FN4O2/c1-2-14-11-15(21-20-14)19-17(23)16(22-6-8-24-9-7-22)12-4-3-5-13(18)10-12/h3-5,10-11,16H,2,6-9H2,1H3,(H2,19,20,21,23)/t16-/m0/s1. The number of benzene rings is 1. The van der Waals surface area contributed by atoms with E-state index in [1.807, 2.05) is 11.8 Å². The SMILES string of the molecule is CCc1cc(NC(=O)[C@H](c2cccc(F)c2)N2CCOCC2)n[nH]1.